The molecule has 0 amide bonds. The third-order valence-electron chi connectivity index (χ3n) is 5.10. The number of esters is 2. The standard InChI is InChI=1S/C18H24O4/c1-3-21-17(19)13-9-5-7-11-12-8-6-10-14(16(12)15(11)13)18(20)22-4-2/h11-12H,3-10H2,1-2H3/t11-,12-/m0/s1. The molecule has 0 radical (unpaired) electrons. The fraction of sp³-hybridized carbons (Fsp3) is 0.667. The normalized spacial score (nSPS) is 26.8. The first-order valence-corrected chi connectivity index (χ1v) is 8.49. The number of hydrogen-bond donors (Lipinski definition) is 0. The Balaban J connectivity index is 2.01. The number of rotatable bonds is 4. The molecule has 1 saturated carbocycles. The van der Waals surface area contributed by atoms with Crippen LogP contribution in [0.1, 0.15) is 52.4 Å². The second-order valence-corrected chi connectivity index (χ2v) is 6.22. The molecule has 2 atom stereocenters. The topological polar surface area (TPSA) is 52.6 Å². The minimum absolute atomic E-state index is 0.193. The smallest absolute Gasteiger partial charge is 0.334 e. The number of allylic oxidation sites excluding steroid dienone is 2. The Hall–Kier alpha value is -1.58. The van der Waals surface area contributed by atoms with Gasteiger partial charge in [0, 0.05) is 11.1 Å². The van der Waals surface area contributed by atoms with Gasteiger partial charge in [-0.1, -0.05) is 0 Å². The average Bonchev–Trinajstić information content (AvgIpc) is 2.51. The number of carbonyl (C=O) groups is 2. The highest BCUT2D eigenvalue weighted by molar-refractivity contribution is 5.95. The molecular formula is C18H24O4. The lowest BCUT2D eigenvalue weighted by atomic mass is 9.54. The molecule has 0 aromatic carbocycles. The summed E-state index contributed by atoms with van der Waals surface area (Å²) in [6.45, 7) is 4.45. The van der Waals surface area contributed by atoms with E-state index in [2.05, 4.69) is 0 Å². The SMILES string of the molecule is CCOC(=O)C1=C2C3=C(C(=O)OCC)CCC[C@H]3[C@@H]2CCC1. The van der Waals surface area contributed by atoms with E-state index >= 15 is 0 Å². The monoisotopic (exact) mass is 304 g/mol. The van der Waals surface area contributed by atoms with Crippen molar-refractivity contribution in [3.05, 3.63) is 22.3 Å². The van der Waals surface area contributed by atoms with Gasteiger partial charge in [0.2, 0.25) is 0 Å². The molecular weight excluding hydrogens is 280 g/mol. The average molecular weight is 304 g/mol. The zero-order valence-electron chi connectivity index (χ0n) is 13.4. The third-order valence-corrected chi connectivity index (χ3v) is 5.10. The van der Waals surface area contributed by atoms with Crippen LogP contribution < -0.4 is 0 Å². The lowest BCUT2D eigenvalue weighted by molar-refractivity contribution is -0.140. The minimum Gasteiger partial charge on any atom is -0.463 e. The van der Waals surface area contributed by atoms with Crippen molar-refractivity contribution in [2.75, 3.05) is 13.2 Å². The fourth-order valence-electron chi connectivity index (χ4n) is 4.30. The van der Waals surface area contributed by atoms with E-state index in [1.54, 1.807) is 0 Å². The van der Waals surface area contributed by atoms with Crippen LogP contribution in [-0.2, 0) is 19.1 Å². The molecule has 1 fully saturated rings. The van der Waals surface area contributed by atoms with Crippen LogP contribution in [0.15, 0.2) is 22.3 Å². The highest BCUT2D eigenvalue weighted by atomic mass is 16.5. The first-order chi connectivity index (χ1) is 10.7. The Morgan fingerprint density at radius 2 is 1.27 bits per heavy atom. The van der Waals surface area contributed by atoms with E-state index in [0.717, 1.165) is 60.8 Å². The van der Waals surface area contributed by atoms with Crippen molar-refractivity contribution < 1.29 is 19.1 Å². The fourth-order valence-corrected chi connectivity index (χ4v) is 4.30. The lowest BCUT2D eigenvalue weighted by Gasteiger charge is -2.49. The third kappa shape index (κ3) is 2.38. The summed E-state index contributed by atoms with van der Waals surface area (Å²) in [6.07, 6.45) is 5.89. The summed E-state index contributed by atoms with van der Waals surface area (Å²) in [6, 6.07) is 0. The first-order valence-electron chi connectivity index (χ1n) is 8.49. The van der Waals surface area contributed by atoms with Gasteiger partial charge in [-0.3, -0.25) is 0 Å². The van der Waals surface area contributed by atoms with Crippen molar-refractivity contribution in [3.8, 4) is 0 Å². The van der Waals surface area contributed by atoms with Gasteiger partial charge in [0.1, 0.15) is 0 Å². The predicted molar refractivity (Wildman–Crippen MR) is 82.0 cm³/mol. The molecule has 4 nitrogen and oxygen atoms in total. The maximum Gasteiger partial charge on any atom is 0.334 e. The molecule has 4 heteroatoms. The van der Waals surface area contributed by atoms with E-state index in [-0.39, 0.29) is 11.9 Å². The zero-order valence-corrected chi connectivity index (χ0v) is 13.4. The molecule has 0 bridgehead atoms. The maximum absolute atomic E-state index is 12.2. The van der Waals surface area contributed by atoms with Crippen LogP contribution in [-0.4, -0.2) is 25.2 Å². The number of fused-ring (bicyclic) bond motifs is 4. The van der Waals surface area contributed by atoms with E-state index < -0.39 is 0 Å². The van der Waals surface area contributed by atoms with Gasteiger partial charge in [-0.2, -0.15) is 0 Å². The minimum atomic E-state index is -0.193. The number of carbonyl (C=O) groups excluding carboxylic acids is 2. The molecule has 0 unspecified atom stereocenters. The van der Waals surface area contributed by atoms with Gasteiger partial charge in [-0.05, 0) is 75.4 Å². The van der Waals surface area contributed by atoms with Crippen molar-refractivity contribution in [1.29, 1.82) is 0 Å². The molecule has 120 valence electrons. The van der Waals surface area contributed by atoms with Gasteiger partial charge in [0.25, 0.3) is 0 Å². The van der Waals surface area contributed by atoms with Crippen LogP contribution in [0.2, 0.25) is 0 Å². The predicted octanol–water partition coefficient (Wildman–Crippen LogP) is 3.32. The highest BCUT2D eigenvalue weighted by Gasteiger charge is 2.48. The summed E-state index contributed by atoms with van der Waals surface area (Å²) in [7, 11) is 0. The molecule has 22 heavy (non-hydrogen) atoms. The van der Waals surface area contributed by atoms with Crippen molar-refractivity contribution in [2.45, 2.75) is 52.4 Å². The van der Waals surface area contributed by atoms with E-state index in [1.807, 2.05) is 13.8 Å². The summed E-state index contributed by atoms with van der Waals surface area (Å²) in [5.74, 6) is 0.518. The van der Waals surface area contributed by atoms with Crippen LogP contribution >= 0.6 is 0 Å². The number of ether oxygens (including phenoxy) is 2. The second-order valence-electron chi connectivity index (χ2n) is 6.22. The summed E-state index contributed by atoms with van der Waals surface area (Å²) in [4.78, 5) is 24.5. The van der Waals surface area contributed by atoms with E-state index in [9.17, 15) is 9.59 Å². The summed E-state index contributed by atoms with van der Waals surface area (Å²) >= 11 is 0. The quantitative estimate of drug-likeness (QED) is 0.748. The zero-order chi connectivity index (χ0) is 15.7. The Kier molecular flexibility index (Phi) is 4.37. The largest absolute Gasteiger partial charge is 0.463 e. The molecule has 0 aliphatic heterocycles. The molecule has 0 heterocycles. The van der Waals surface area contributed by atoms with Crippen molar-refractivity contribution in [2.24, 2.45) is 11.8 Å². The van der Waals surface area contributed by atoms with Gasteiger partial charge in [0.15, 0.2) is 0 Å². The summed E-state index contributed by atoms with van der Waals surface area (Å²) < 4.78 is 10.4. The molecule has 3 aliphatic rings. The summed E-state index contributed by atoms with van der Waals surface area (Å²) in [5.41, 5.74) is 3.87. The molecule has 0 N–H and O–H groups in total. The van der Waals surface area contributed by atoms with Crippen LogP contribution in [0.4, 0.5) is 0 Å². The Morgan fingerprint density at radius 1 is 0.864 bits per heavy atom. The van der Waals surface area contributed by atoms with Gasteiger partial charge in [-0.25, -0.2) is 9.59 Å². The molecule has 0 aromatic heterocycles. The van der Waals surface area contributed by atoms with Crippen LogP contribution in [0, 0.1) is 11.8 Å². The van der Waals surface area contributed by atoms with Gasteiger partial charge >= 0.3 is 11.9 Å². The van der Waals surface area contributed by atoms with Crippen molar-refractivity contribution in [3.63, 3.8) is 0 Å². The van der Waals surface area contributed by atoms with Crippen molar-refractivity contribution in [1.82, 2.24) is 0 Å². The second kappa shape index (κ2) is 6.27. The lowest BCUT2D eigenvalue weighted by Crippen LogP contribution is -2.40. The molecule has 0 saturated heterocycles. The van der Waals surface area contributed by atoms with Gasteiger partial charge in [-0.15, -0.1) is 0 Å². The Morgan fingerprint density at radius 3 is 1.64 bits per heavy atom. The highest BCUT2D eigenvalue weighted by Crippen LogP contribution is 2.58. The summed E-state index contributed by atoms with van der Waals surface area (Å²) in [5, 5.41) is 0. The van der Waals surface area contributed by atoms with E-state index in [4.69, 9.17) is 9.47 Å². The van der Waals surface area contributed by atoms with Crippen LogP contribution in [0.3, 0.4) is 0 Å². The Labute approximate surface area is 131 Å². The van der Waals surface area contributed by atoms with E-state index in [0.29, 0.717) is 25.0 Å². The number of hydrogen-bond acceptors (Lipinski definition) is 4. The van der Waals surface area contributed by atoms with Crippen molar-refractivity contribution >= 4 is 11.9 Å². The van der Waals surface area contributed by atoms with E-state index in [1.165, 1.54) is 0 Å². The van der Waals surface area contributed by atoms with Gasteiger partial charge < -0.3 is 9.47 Å². The van der Waals surface area contributed by atoms with Gasteiger partial charge in [0.05, 0.1) is 13.2 Å². The molecule has 0 spiro atoms. The molecule has 3 rings (SSSR count). The maximum atomic E-state index is 12.2. The molecule has 3 aliphatic carbocycles. The molecule has 0 aromatic rings. The van der Waals surface area contributed by atoms with Crippen LogP contribution in [0.5, 0.6) is 0 Å². The first kappa shape index (κ1) is 15.3. The Bertz CT molecular complexity index is 505. The van der Waals surface area contributed by atoms with Crippen LogP contribution in [0.25, 0.3) is 0 Å².